The second kappa shape index (κ2) is 5.95. The molecule has 1 aromatic heterocycles. The predicted octanol–water partition coefficient (Wildman–Crippen LogP) is 1.69. The van der Waals surface area contributed by atoms with Crippen molar-refractivity contribution in [2.45, 2.75) is 38.3 Å². The lowest BCUT2D eigenvalue weighted by molar-refractivity contribution is -0.133. The van der Waals surface area contributed by atoms with E-state index < -0.39 is 0 Å². The van der Waals surface area contributed by atoms with Crippen molar-refractivity contribution in [2.75, 3.05) is 26.2 Å². The fraction of sp³-hybridized carbons (Fsp3) is 0.706. The van der Waals surface area contributed by atoms with Gasteiger partial charge >= 0.3 is 0 Å². The van der Waals surface area contributed by atoms with Gasteiger partial charge in [-0.1, -0.05) is 6.42 Å². The summed E-state index contributed by atoms with van der Waals surface area (Å²) >= 11 is 1.82. The number of likely N-dealkylation sites (tertiary alicyclic amines) is 1. The topological polar surface area (TPSA) is 49.6 Å². The molecule has 0 radical (unpaired) electrons. The molecule has 1 amide bonds. The van der Waals surface area contributed by atoms with Crippen molar-refractivity contribution in [3.63, 3.8) is 0 Å². The molecule has 1 aromatic rings. The molecule has 4 rings (SSSR count). The maximum atomic E-state index is 12.6. The number of rotatable bonds is 2. The van der Waals surface area contributed by atoms with Crippen molar-refractivity contribution >= 4 is 17.2 Å². The molecule has 0 bridgehead atoms. The average molecular weight is 319 g/mol. The number of thiophene rings is 1. The second-order valence-corrected chi connectivity index (χ2v) is 8.15. The van der Waals surface area contributed by atoms with Gasteiger partial charge in [0.25, 0.3) is 0 Å². The first-order chi connectivity index (χ1) is 10.7. The van der Waals surface area contributed by atoms with Gasteiger partial charge in [-0.25, -0.2) is 0 Å². The third-order valence-electron chi connectivity index (χ3n) is 5.75. The minimum Gasteiger partial charge on any atom is -0.337 e. The van der Waals surface area contributed by atoms with Crippen molar-refractivity contribution in [3.8, 4) is 0 Å². The molecule has 1 aliphatic carbocycles. The highest BCUT2D eigenvalue weighted by atomic mass is 32.1. The first-order valence-corrected chi connectivity index (χ1v) is 9.39. The highest BCUT2D eigenvalue weighted by molar-refractivity contribution is 7.10. The Hall–Kier alpha value is -0.910. The zero-order chi connectivity index (χ0) is 15.1. The number of carbonyl (C=O) groups excluding carboxylic acids is 1. The van der Waals surface area contributed by atoms with Gasteiger partial charge in [-0.15, -0.1) is 11.3 Å². The fourth-order valence-electron chi connectivity index (χ4n) is 4.49. The summed E-state index contributed by atoms with van der Waals surface area (Å²) in [5.41, 5.74) is 7.62. The van der Waals surface area contributed by atoms with Gasteiger partial charge in [0.2, 0.25) is 5.91 Å². The van der Waals surface area contributed by atoms with Crippen molar-refractivity contribution in [1.29, 1.82) is 0 Å². The summed E-state index contributed by atoms with van der Waals surface area (Å²) in [7, 11) is 0. The average Bonchev–Trinajstić information content (AvgIpc) is 3.13. The summed E-state index contributed by atoms with van der Waals surface area (Å²) in [5, 5.41) is 2.14. The van der Waals surface area contributed by atoms with Crippen LogP contribution in [-0.2, 0) is 17.8 Å². The van der Waals surface area contributed by atoms with Crippen LogP contribution in [0.4, 0.5) is 0 Å². The van der Waals surface area contributed by atoms with E-state index in [-0.39, 0.29) is 0 Å². The summed E-state index contributed by atoms with van der Waals surface area (Å²) in [6.07, 6.45) is 4.74. The van der Waals surface area contributed by atoms with Crippen LogP contribution in [0, 0.1) is 11.8 Å². The van der Waals surface area contributed by atoms with Crippen LogP contribution >= 0.6 is 11.3 Å². The molecule has 3 atom stereocenters. The van der Waals surface area contributed by atoms with Crippen molar-refractivity contribution in [2.24, 2.45) is 17.6 Å². The highest BCUT2D eigenvalue weighted by Crippen LogP contribution is 2.35. The van der Waals surface area contributed by atoms with E-state index in [1.807, 2.05) is 16.2 Å². The van der Waals surface area contributed by atoms with E-state index in [4.69, 9.17) is 5.73 Å². The molecular formula is C17H25N3OS. The van der Waals surface area contributed by atoms with E-state index in [0.717, 1.165) is 44.9 Å². The van der Waals surface area contributed by atoms with Crippen molar-refractivity contribution in [1.82, 2.24) is 9.80 Å². The number of hydrogen-bond donors (Lipinski definition) is 1. The Bertz CT molecular complexity index is 558. The summed E-state index contributed by atoms with van der Waals surface area (Å²) in [5.74, 6) is 1.64. The van der Waals surface area contributed by atoms with Crippen LogP contribution in [0.5, 0.6) is 0 Å². The standard InChI is InChI=1S/C17H25N3OS/c18-15-3-1-2-12-8-19(10-14(12)15)11-17(21)20-6-4-16-13(9-20)5-7-22-16/h5,7,12,14-15H,1-4,6,8-11,18H2. The number of amides is 1. The molecule has 3 aliphatic rings. The Morgan fingerprint density at radius 2 is 2.27 bits per heavy atom. The van der Waals surface area contributed by atoms with Crippen LogP contribution in [-0.4, -0.2) is 47.9 Å². The fourth-order valence-corrected chi connectivity index (χ4v) is 5.38. The number of carbonyl (C=O) groups is 1. The Morgan fingerprint density at radius 3 is 3.14 bits per heavy atom. The zero-order valence-corrected chi connectivity index (χ0v) is 13.9. The van der Waals surface area contributed by atoms with E-state index in [1.54, 1.807) is 0 Å². The number of hydrogen-bond acceptors (Lipinski definition) is 4. The molecule has 2 fully saturated rings. The first kappa shape index (κ1) is 14.7. The quantitative estimate of drug-likeness (QED) is 0.902. The number of fused-ring (bicyclic) bond motifs is 2. The van der Waals surface area contributed by atoms with Crippen molar-refractivity contribution in [3.05, 3.63) is 21.9 Å². The van der Waals surface area contributed by atoms with E-state index in [2.05, 4.69) is 16.3 Å². The van der Waals surface area contributed by atoms with Crippen molar-refractivity contribution < 1.29 is 4.79 Å². The van der Waals surface area contributed by atoms with Gasteiger partial charge in [-0.3, -0.25) is 9.69 Å². The molecule has 1 saturated heterocycles. The Labute approximate surface area is 136 Å². The molecule has 22 heavy (non-hydrogen) atoms. The van der Waals surface area contributed by atoms with Crippen LogP contribution in [0.2, 0.25) is 0 Å². The van der Waals surface area contributed by atoms with E-state index in [1.165, 1.54) is 23.3 Å². The first-order valence-electron chi connectivity index (χ1n) is 8.51. The third kappa shape index (κ3) is 2.70. The molecular weight excluding hydrogens is 294 g/mol. The van der Waals surface area contributed by atoms with Gasteiger partial charge < -0.3 is 10.6 Å². The molecule has 120 valence electrons. The van der Waals surface area contributed by atoms with Crippen LogP contribution in [0.25, 0.3) is 0 Å². The van der Waals surface area contributed by atoms with Crippen LogP contribution in [0.1, 0.15) is 29.7 Å². The normalized spacial score (nSPS) is 31.9. The van der Waals surface area contributed by atoms with E-state index in [9.17, 15) is 4.79 Å². The summed E-state index contributed by atoms with van der Waals surface area (Å²) in [6, 6.07) is 2.52. The van der Waals surface area contributed by atoms with Gasteiger partial charge in [0.15, 0.2) is 0 Å². The van der Waals surface area contributed by atoms with Crippen LogP contribution < -0.4 is 5.73 Å². The van der Waals surface area contributed by atoms with Crippen LogP contribution in [0.3, 0.4) is 0 Å². The third-order valence-corrected chi connectivity index (χ3v) is 6.77. The maximum Gasteiger partial charge on any atom is 0.237 e. The molecule has 5 heteroatoms. The summed E-state index contributed by atoms with van der Waals surface area (Å²) in [6.45, 7) is 4.36. The van der Waals surface area contributed by atoms with E-state index >= 15 is 0 Å². The lowest BCUT2D eigenvalue weighted by Gasteiger charge is -2.30. The number of nitrogens with zero attached hydrogens (tertiary/aromatic N) is 2. The monoisotopic (exact) mass is 319 g/mol. The predicted molar refractivity (Wildman–Crippen MR) is 88.7 cm³/mol. The minimum absolute atomic E-state index is 0.295. The van der Waals surface area contributed by atoms with Gasteiger partial charge in [0, 0.05) is 37.1 Å². The van der Waals surface area contributed by atoms with Gasteiger partial charge in [-0.05, 0) is 48.1 Å². The maximum absolute atomic E-state index is 12.6. The minimum atomic E-state index is 0.295. The molecule has 0 spiro atoms. The highest BCUT2D eigenvalue weighted by Gasteiger charge is 2.39. The molecule has 3 heterocycles. The number of nitrogens with two attached hydrogens (primary N) is 1. The zero-order valence-electron chi connectivity index (χ0n) is 13.0. The summed E-state index contributed by atoms with van der Waals surface area (Å²) in [4.78, 5) is 18.5. The summed E-state index contributed by atoms with van der Waals surface area (Å²) < 4.78 is 0. The van der Waals surface area contributed by atoms with E-state index in [0.29, 0.717) is 24.4 Å². The van der Waals surface area contributed by atoms with Gasteiger partial charge in [-0.2, -0.15) is 0 Å². The molecule has 2 N–H and O–H groups in total. The van der Waals surface area contributed by atoms with Crippen LogP contribution in [0.15, 0.2) is 11.4 Å². The molecule has 3 unspecified atom stereocenters. The Morgan fingerprint density at radius 1 is 1.36 bits per heavy atom. The second-order valence-electron chi connectivity index (χ2n) is 7.15. The largest absolute Gasteiger partial charge is 0.337 e. The Kier molecular flexibility index (Phi) is 3.96. The van der Waals surface area contributed by atoms with Gasteiger partial charge in [0.1, 0.15) is 0 Å². The molecule has 0 aromatic carbocycles. The molecule has 1 saturated carbocycles. The lowest BCUT2D eigenvalue weighted by Crippen LogP contribution is -2.42. The lowest BCUT2D eigenvalue weighted by atomic mass is 9.78. The molecule has 2 aliphatic heterocycles. The smallest absolute Gasteiger partial charge is 0.237 e. The Balaban J connectivity index is 1.35. The SMILES string of the molecule is NC1CCCC2CN(CC(=O)N3CCc4sccc4C3)CC12. The van der Waals surface area contributed by atoms with Gasteiger partial charge in [0.05, 0.1) is 6.54 Å². The molecule has 4 nitrogen and oxygen atoms in total.